The van der Waals surface area contributed by atoms with Gasteiger partial charge in [-0.25, -0.2) is 9.97 Å². The Morgan fingerprint density at radius 2 is 0.800 bits per heavy atom. The van der Waals surface area contributed by atoms with Crippen LogP contribution in [0.5, 0.6) is 0 Å². The van der Waals surface area contributed by atoms with Crippen molar-refractivity contribution in [1.82, 2.24) is 14.5 Å². The van der Waals surface area contributed by atoms with Crippen LogP contribution in [0.15, 0.2) is 237 Å². The number of rotatable bonds is 6. The van der Waals surface area contributed by atoms with Gasteiger partial charge in [-0.15, -0.1) is 0 Å². The number of aromatic nitrogens is 3. The number of nitrogens with zero attached hydrogens (tertiary/aromatic N) is 3. The second-order valence-electron chi connectivity index (χ2n) is 17.0. The lowest BCUT2D eigenvalue weighted by atomic mass is 9.89. The van der Waals surface area contributed by atoms with Gasteiger partial charge in [0.25, 0.3) is 0 Å². The molecule has 0 saturated heterocycles. The van der Waals surface area contributed by atoms with Gasteiger partial charge in [0.15, 0.2) is 5.82 Å². The molecule has 0 spiro atoms. The Bertz CT molecular complexity index is 3940. The summed E-state index contributed by atoms with van der Waals surface area (Å²) in [6, 6.07) is 85.3. The van der Waals surface area contributed by atoms with Crippen molar-refractivity contribution in [3.05, 3.63) is 237 Å². The van der Waals surface area contributed by atoms with E-state index in [0.717, 1.165) is 39.2 Å². The number of para-hydroxylation sites is 2. The number of benzene rings is 11. The minimum atomic E-state index is 0.698. The Labute approximate surface area is 376 Å². The van der Waals surface area contributed by atoms with Gasteiger partial charge in [0.05, 0.1) is 22.4 Å². The highest BCUT2D eigenvalue weighted by atomic mass is 15.0. The van der Waals surface area contributed by atoms with Crippen LogP contribution in [0.25, 0.3) is 127 Å². The molecule has 0 aliphatic carbocycles. The molecule has 0 saturated carbocycles. The minimum absolute atomic E-state index is 0.698. The van der Waals surface area contributed by atoms with Crippen LogP contribution in [0.2, 0.25) is 0 Å². The van der Waals surface area contributed by atoms with Gasteiger partial charge < -0.3 is 4.57 Å². The molecule has 3 nitrogen and oxygen atoms in total. The third kappa shape index (κ3) is 6.28. The van der Waals surface area contributed by atoms with E-state index in [2.05, 4.69) is 223 Å². The predicted octanol–water partition coefficient (Wildman–Crippen LogP) is 16.5. The number of hydrogen-bond acceptors (Lipinski definition) is 2. The molecule has 2 heterocycles. The van der Waals surface area contributed by atoms with Gasteiger partial charge >= 0.3 is 0 Å². The Balaban J connectivity index is 0.868. The molecule has 13 aromatic rings. The quantitative estimate of drug-likeness (QED) is 0.123. The second kappa shape index (κ2) is 15.0. The summed E-state index contributed by atoms with van der Waals surface area (Å²) in [5.41, 5.74) is 13.1. The van der Waals surface area contributed by atoms with Crippen LogP contribution in [0, 0.1) is 0 Å². The predicted molar refractivity (Wildman–Crippen MR) is 274 cm³/mol. The summed E-state index contributed by atoms with van der Waals surface area (Å²) in [4.78, 5) is 10.4. The van der Waals surface area contributed by atoms with E-state index in [1.54, 1.807) is 0 Å². The van der Waals surface area contributed by atoms with Crippen molar-refractivity contribution < 1.29 is 0 Å². The number of fused-ring (bicyclic) bond motifs is 8. The molecule has 0 aliphatic heterocycles. The molecule has 3 heteroatoms. The first-order valence-corrected chi connectivity index (χ1v) is 22.2. The first kappa shape index (κ1) is 36.9. The average Bonchev–Trinajstić information content (AvgIpc) is 3.72. The summed E-state index contributed by atoms with van der Waals surface area (Å²) >= 11 is 0. The van der Waals surface area contributed by atoms with E-state index in [0.29, 0.717) is 5.82 Å². The molecule has 0 amide bonds. The van der Waals surface area contributed by atoms with Crippen LogP contribution in [-0.4, -0.2) is 14.5 Å². The van der Waals surface area contributed by atoms with Crippen molar-refractivity contribution in [3.8, 4) is 61.8 Å². The Morgan fingerprint density at radius 3 is 1.54 bits per heavy atom. The highest BCUT2D eigenvalue weighted by Crippen LogP contribution is 2.41. The standard InChI is InChI=1S/C62H39N3/c1-2-14-43(15-3-1)62-63-57(48-17-12-18-50(37-48)65-59-23-10-8-21-53(59)54-22-9-11-24-60(54)65)39-58(64-62)49-32-31-45-35-44(29-30-46(45)36-49)40-25-27-42(28-26-40)61-52-20-7-5-16-47(52)38-56-51-19-6-4-13-41(51)33-34-55(56)61/h1-39H. The lowest BCUT2D eigenvalue weighted by molar-refractivity contribution is 1.16. The summed E-state index contributed by atoms with van der Waals surface area (Å²) < 4.78 is 2.36. The zero-order valence-electron chi connectivity index (χ0n) is 35.4. The van der Waals surface area contributed by atoms with Crippen molar-refractivity contribution in [3.63, 3.8) is 0 Å². The van der Waals surface area contributed by atoms with Gasteiger partial charge in [-0.1, -0.05) is 188 Å². The van der Waals surface area contributed by atoms with E-state index >= 15 is 0 Å². The molecule has 302 valence electrons. The van der Waals surface area contributed by atoms with Crippen LogP contribution in [0.4, 0.5) is 0 Å². The fourth-order valence-electron chi connectivity index (χ4n) is 10.0. The van der Waals surface area contributed by atoms with Gasteiger partial charge in [-0.3, -0.25) is 0 Å². The van der Waals surface area contributed by atoms with E-state index in [-0.39, 0.29) is 0 Å². The summed E-state index contributed by atoms with van der Waals surface area (Å²) in [5.74, 6) is 0.698. The topological polar surface area (TPSA) is 30.7 Å². The van der Waals surface area contributed by atoms with Crippen LogP contribution in [0.1, 0.15) is 0 Å². The maximum atomic E-state index is 5.20. The Morgan fingerprint density at radius 1 is 0.262 bits per heavy atom. The van der Waals surface area contributed by atoms with E-state index < -0.39 is 0 Å². The monoisotopic (exact) mass is 825 g/mol. The molecule has 0 unspecified atom stereocenters. The summed E-state index contributed by atoms with van der Waals surface area (Å²) in [7, 11) is 0. The molecular weight excluding hydrogens is 787 g/mol. The molecule has 0 atom stereocenters. The van der Waals surface area contributed by atoms with Gasteiger partial charge in [0.2, 0.25) is 0 Å². The average molecular weight is 826 g/mol. The van der Waals surface area contributed by atoms with E-state index in [4.69, 9.17) is 9.97 Å². The first-order chi connectivity index (χ1) is 32.2. The fraction of sp³-hybridized carbons (Fsp3) is 0. The highest BCUT2D eigenvalue weighted by Gasteiger charge is 2.16. The van der Waals surface area contributed by atoms with Crippen LogP contribution >= 0.6 is 0 Å². The zero-order valence-corrected chi connectivity index (χ0v) is 35.4. The molecule has 0 aliphatic rings. The van der Waals surface area contributed by atoms with Crippen molar-refractivity contribution >= 4 is 64.9 Å². The minimum Gasteiger partial charge on any atom is -0.309 e. The van der Waals surface area contributed by atoms with Gasteiger partial charge in [0.1, 0.15) is 0 Å². The lowest BCUT2D eigenvalue weighted by Gasteiger charge is -2.15. The first-order valence-electron chi connectivity index (χ1n) is 22.2. The molecule has 0 N–H and O–H groups in total. The normalized spacial score (nSPS) is 11.7. The summed E-state index contributed by atoms with van der Waals surface area (Å²) in [6.45, 7) is 0. The smallest absolute Gasteiger partial charge is 0.160 e. The Hall–Kier alpha value is -8.66. The maximum absolute atomic E-state index is 5.20. The molecule has 0 bridgehead atoms. The molecule has 65 heavy (non-hydrogen) atoms. The lowest BCUT2D eigenvalue weighted by Crippen LogP contribution is -1.98. The molecule has 0 radical (unpaired) electrons. The second-order valence-corrected chi connectivity index (χ2v) is 17.0. The van der Waals surface area contributed by atoms with E-state index in [1.807, 2.05) is 18.2 Å². The van der Waals surface area contributed by atoms with Gasteiger partial charge in [0, 0.05) is 33.2 Å². The third-order valence-corrected chi connectivity index (χ3v) is 13.2. The SMILES string of the molecule is c1ccc(-c2nc(-c3cccc(-n4c5ccccc5c5ccccc54)c3)cc(-c3ccc4cc(-c5ccc(-c6c7ccccc7cc7c6ccc6ccccc67)cc5)ccc4c3)n2)cc1. The van der Waals surface area contributed by atoms with Crippen LogP contribution in [-0.2, 0) is 0 Å². The third-order valence-electron chi connectivity index (χ3n) is 13.2. The molecule has 13 rings (SSSR count). The highest BCUT2D eigenvalue weighted by molar-refractivity contribution is 6.20. The van der Waals surface area contributed by atoms with Gasteiger partial charge in [-0.2, -0.15) is 0 Å². The summed E-state index contributed by atoms with van der Waals surface area (Å²) in [6.07, 6.45) is 0. The van der Waals surface area contributed by atoms with Crippen molar-refractivity contribution in [2.45, 2.75) is 0 Å². The zero-order chi connectivity index (χ0) is 42.8. The van der Waals surface area contributed by atoms with E-state index in [1.165, 1.54) is 81.8 Å². The maximum Gasteiger partial charge on any atom is 0.160 e. The number of hydrogen-bond donors (Lipinski definition) is 0. The van der Waals surface area contributed by atoms with Crippen molar-refractivity contribution in [1.29, 1.82) is 0 Å². The van der Waals surface area contributed by atoms with Crippen molar-refractivity contribution in [2.75, 3.05) is 0 Å². The van der Waals surface area contributed by atoms with Crippen LogP contribution in [0.3, 0.4) is 0 Å². The molecule has 2 aromatic heterocycles. The summed E-state index contributed by atoms with van der Waals surface area (Å²) in [5, 5.41) is 12.4. The molecule has 0 fully saturated rings. The van der Waals surface area contributed by atoms with Gasteiger partial charge in [-0.05, 0) is 114 Å². The Kier molecular flexibility index (Phi) is 8.53. The van der Waals surface area contributed by atoms with E-state index in [9.17, 15) is 0 Å². The molecular formula is C62H39N3. The molecule has 11 aromatic carbocycles. The van der Waals surface area contributed by atoms with Crippen molar-refractivity contribution in [2.24, 2.45) is 0 Å². The fourth-order valence-corrected chi connectivity index (χ4v) is 10.0. The van der Waals surface area contributed by atoms with Crippen LogP contribution < -0.4 is 0 Å². The largest absolute Gasteiger partial charge is 0.309 e.